The Labute approximate surface area is 128 Å². The Morgan fingerprint density at radius 3 is 2.70 bits per heavy atom. The highest BCUT2D eigenvalue weighted by atomic mass is 32.1. The van der Waals surface area contributed by atoms with Gasteiger partial charge in [0, 0.05) is 30.6 Å². The van der Waals surface area contributed by atoms with Crippen molar-refractivity contribution in [2.24, 2.45) is 5.41 Å². The first-order valence-electron chi connectivity index (χ1n) is 8.04. The van der Waals surface area contributed by atoms with Crippen LogP contribution < -0.4 is 5.32 Å². The van der Waals surface area contributed by atoms with Crippen molar-refractivity contribution in [1.29, 1.82) is 0 Å². The number of rotatable bonds is 8. The largest absolute Gasteiger partial charge is 0.314 e. The topological polar surface area (TPSA) is 15.3 Å². The predicted molar refractivity (Wildman–Crippen MR) is 89.6 cm³/mol. The molecule has 20 heavy (non-hydrogen) atoms. The summed E-state index contributed by atoms with van der Waals surface area (Å²) < 4.78 is 0. The summed E-state index contributed by atoms with van der Waals surface area (Å²) in [5.41, 5.74) is 0.522. The Hall–Kier alpha value is -0.380. The lowest BCUT2D eigenvalue weighted by Crippen LogP contribution is -2.43. The quantitative estimate of drug-likeness (QED) is 0.785. The third-order valence-electron chi connectivity index (χ3n) is 4.47. The fraction of sp³-hybridized carbons (Fsp3) is 0.765. The second kappa shape index (κ2) is 7.58. The SMILES string of the molecule is CC(C)NCC1(CN(C)CCc2cccs2)CCCC1. The summed E-state index contributed by atoms with van der Waals surface area (Å²) in [6, 6.07) is 5.01. The number of hydrogen-bond acceptors (Lipinski definition) is 3. The molecule has 0 saturated heterocycles. The van der Waals surface area contributed by atoms with E-state index in [9.17, 15) is 0 Å². The Kier molecular flexibility index (Phi) is 6.06. The van der Waals surface area contributed by atoms with Gasteiger partial charge in [-0.1, -0.05) is 32.8 Å². The molecule has 2 nitrogen and oxygen atoms in total. The van der Waals surface area contributed by atoms with E-state index in [-0.39, 0.29) is 0 Å². The van der Waals surface area contributed by atoms with Crippen molar-refractivity contribution >= 4 is 11.3 Å². The van der Waals surface area contributed by atoms with Crippen molar-refractivity contribution in [3.63, 3.8) is 0 Å². The minimum absolute atomic E-state index is 0.522. The lowest BCUT2D eigenvalue weighted by atomic mass is 9.85. The van der Waals surface area contributed by atoms with Crippen molar-refractivity contribution in [2.45, 2.75) is 52.0 Å². The van der Waals surface area contributed by atoms with Gasteiger partial charge in [-0.3, -0.25) is 0 Å². The second-order valence-corrected chi connectivity index (χ2v) is 7.84. The average molecular weight is 295 g/mol. The van der Waals surface area contributed by atoms with Gasteiger partial charge in [-0.25, -0.2) is 0 Å². The molecule has 1 aromatic rings. The lowest BCUT2D eigenvalue weighted by molar-refractivity contribution is 0.170. The average Bonchev–Trinajstić information content (AvgIpc) is 3.06. The van der Waals surface area contributed by atoms with Gasteiger partial charge in [0.25, 0.3) is 0 Å². The number of nitrogens with zero attached hydrogens (tertiary/aromatic N) is 1. The Morgan fingerprint density at radius 2 is 2.10 bits per heavy atom. The summed E-state index contributed by atoms with van der Waals surface area (Å²) in [4.78, 5) is 4.06. The summed E-state index contributed by atoms with van der Waals surface area (Å²) in [7, 11) is 2.29. The van der Waals surface area contributed by atoms with Crippen LogP contribution in [0.2, 0.25) is 0 Å². The normalized spacial score (nSPS) is 18.2. The molecule has 0 atom stereocenters. The maximum atomic E-state index is 3.68. The number of nitrogens with one attached hydrogen (secondary N) is 1. The van der Waals surface area contributed by atoms with Crippen molar-refractivity contribution in [3.05, 3.63) is 22.4 Å². The molecular weight excluding hydrogens is 264 g/mol. The van der Waals surface area contributed by atoms with Crippen LogP contribution in [0.25, 0.3) is 0 Å². The van der Waals surface area contributed by atoms with Gasteiger partial charge >= 0.3 is 0 Å². The Balaban J connectivity index is 1.80. The van der Waals surface area contributed by atoms with Gasteiger partial charge < -0.3 is 10.2 Å². The lowest BCUT2D eigenvalue weighted by Gasteiger charge is -2.34. The zero-order valence-corrected chi connectivity index (χ0v) is 14.1. The third-order valence-corrected chi connectivity index (χ3v) is 5.41. The number of thiophene rings is 1. The first kappa shape index (κ1) is 16.0. The molecule has 1 aliphatic carbocycles. The van der Waals surface area contributed by atoms with Crippen molar-refractivity contribution in [3.8, 4) is 0 Å². The molecule has 0 spiro atoms. The van der Waals surface area contributed by atoms with Crippen molar-refractivity contribution in [2.75, 3.05) is 26.7 Å². The van der Waals surface area contributed by atoms with Crippen LogP contribution in [-0.4, -0.2) is 37.6 Å². The molecule has 0 amide bonds. The molecule has 1 N–H and O–H groups in total. The molecule has 0 aliphatic heterocycles. The summed E-state index contributed by atoms with van der Waals surface area (Å²) in [5, 5.41) is 5.86. The summed E-state index contributed by atoms with van der Waals surface area (Å²) in [6.07, 6.45) is 6.82. The molecule has 1 heterocycles. The molecule has 1 aromatic heterocycles. The molecule has 0 unspecified atom stereocenters. The van der Waals surface area contributed by atoms with Crippen LogP contribution in [0.4, 0.5) is 0 Å². The second-order valence-electron chi connectivity index (χ2n) is 6.81. The van der Waals surface area contributed by atoms with E-state index in [1.165, 1.54) is 56.6 Å². The van der Waals surface area contributed by atoms with Crippen LogP contribution in [-0.2, 0) is 6.42 Å². The van der Waals surface area contributed by atoms with E-state index in [4.69, 9.17) is 0 Å². The monoisotopic (exact) mass is 294 g/mol. The smallest absolute Gasteiger partial charge is 0.00579 e. The number of likely N-dealkylation sites (N-methyl/N-ethyl adjacent to an activating group) is 1. The van der Waals surface area contributed by atoms with Crippen LogP contribution in [0.15, 0.2) is 17.5 Å². The predicted octanol–water partition coefficient (Wildman–Crippen LogP) is 3.78. The molecule has 1 saturated carbocycles. The molecule has 1 aliphatic rings. The first-order valence-corrected chi connectivity index (χ1v) is 8.92. The molecule has 1 fully saturated rings. The molecule has 114 valence electrons. The van der Waals surface area contributed by atoms with Gasteiger partial charge in [0.05, 0.1) is 0 Å². The van der Waals surface area contributed by atoms with Crippen LogP contribution >= 0.6 is 11.3 Å². The molecular formula is C17H30N2S. The standard InChI is InChI=1S/C17H30N2S/c1-15(2)18-13-17(9-4-5-10-17)14-19(3)11-8-16-7-6-12-20-16/h6-7,12,15,18H,4-5,8-11,13-14H2,1-3H3. The first-order chi connectivity index (χ1) is 9.60. The van der Waals surface area contributed by atoms with E-state index in [0.717, 1.165) is 0 Å². The molecule has 0 radical (unpaired) electrons. The van der Waals surface area contributed by atoms with Crippen molar-refractivity contribution < 1.29 is 0 Å². The molecule has 2 rings (SSSR count). The summed E-state index contributed by atoms with van der Waals surface area (Å²) in [5.74, 6) is 0. The van der Waals surface area contributed by atoms with Gasteiger partial charge in [-0.05, 0) is 43.2 Å². The van der Waals surface area contributed by atoms with Crippen LogP contribution in [0, 0.1) is 5.41 Å². The van der Waals surface area contributed by atoms with Crippen molar-refractivity contribution in [1.82, 2.24) is 10.2 Å². The molecule has 0 aromatic carbocycles. The Bertz CT molecular complexity index is 366. The minimum atomic E-state index is 0.522. The summed E-state index contributed by atoms with van der Waals surface area (Å²) >= 11 is 1.88. The van der Waals surface area contributed by atoms with Crippen LogP contribution in [0.5, 0.6) is 0 Å². The van der Waals surface area contributed by atoms with E-state index in [1.54, 1.807) is 0 Å². The van der Waals surface area contributed by atoms with E-state index < -0.39 is 0 Å². The zero-order chi connectivity index (χ0) is 14.4. The third kappa shape index (κ3) is 4.87. The van der Waals surface area contributed by atoms with Gasteiger partial charge in [0.1, 0.15) is 0 Å². The van der Waals surface area contributed by atoms with Gasteiger partial charge in [-0.15, -0.1) is 11.3 Å². The van der Waals surface area contributed by atoms with E-state index in [2.05, 4.69) is 48.6 Å². The van der Waals surface area contributed by atoms with E-state index in [1.807, 2.05) is 11.3 Å². The molecule has 3 heteroatoms. The van der Waals surface area contributed by atoms with E-state index >= 15 is 0 Å². The van der Waals surface area contributed by atoms with Crippen LogP contribution in [0.1, 0.15) is 44.4 Å². The minimum Gasteiger partial charge on any atom is -0.314 e. The van der Waals surface area contributed by atoms with Crippen LogP contribution in [0.3, 0.4) is 0 Å². The fourth-order valence-corrected chi connectivity index (χ4v) is 4.04. The number of hydrogen-bond donors (Lipinski definition) is 1. The fourth-order valence-electron chi connectivity index (χ4n) is 3.34. The summed E-state index contributed by atoms with van der Waals surface area (Å²) in [6.45, 7) is 8.13. The zero-order valence-electron chi connectivity index (χ0n) is 13.3. The maximum absolute atomic E-state index is 3.68. The van der Waals surface area contributed by atoms with Gasteiger partial charge in [-0.2, -0.15) is 0 Å². The highest BCUT2D eigenvalue weighted by Crippen LogP contribution is 2.38. The highest BCUT2D eigenvalue weighted by molar-refractivity contribution is 7.09. The molecule has 0 bridgehead atoms. The maximum Gasteiger partial charge on any atom is 0.00579 e. The van der Waals surface area contributed by atoms with Gasteiger partial charge in [0.15, 0.2) is 0 Å². The van der Waals surface area contributed by atoms with E-state index in [0.29, 0.717) is 11.5 Å². The Morgan fingerprint density at radius 1 is 1.35 bits per heavy atom. The van der Waals surface area contributed by atoms with Gasteiger partial charge in [0.2, 0.25) is 0 Å². The highest BCUT2D eigenvalue weighted by Gasteiger charge is 2.34.